The number of carbonyl (C=O) groups is 6. The maximum absolute atomic E-state index is 14.5. The van der Waals surface area contributed by atoms with Crippen molar-refractivity contribution < 1.29 is 57.9 Å². The highest BCUT2D eigenvalue weighted by atomic mass is 16.6. The summed E-state index contributed by atoms with van der Waals surface area (Å²) in [6.07, 6.45) is 14.2. The van der Waals surface area contributed by atoms with E-state index in [0.29, 0.717) is 50.5 Å². The zero-order valence-electron chi connectivity index (χ0n) is 42.1. The Kier molecular flexibility index (Phi) is 20.5. The minimum absolute atomic E-state index is 0.0145. The van der Waals surface area contributed by atoms with E-state index in [0.717, 1.165) is 24.7 Å². The number of hydrogen-bond donors (Lipinski definition) is 2. The predicted octanol–water partition coefficient (Wildman–Crippen LogP) is 5.85. The lowest BCUT2D eigenvalue weighted by molar-refractivity contribution is -0.264. The Morgan fingerprint density at radius 3 is 2.36 bits per heavy atom. The molecule has 15 atom stereocenters. The van der Waals surface area contributed by atoms with Gasteiger partial charge in [0.05, 0.1) is 18.2 Å². The van der Waals surface area contributed by atoms with E-state index in [-0.39, 0.29) is 67.3 Å². The fourth-order valence-electron chi connectivity index (χ4n) is 10.7. The molecule has 1 aliphatic carbocycles. The standard InChI is InChI=1S/C52H77N5O12/c1-31-15-11-10-12-16-32(2)39(29-58)27-40-20-18-37(7)52(65,69-40)49(62)50(63)56-22-14-13-17-42(56)51(64)68-44(34(4)25-38-19-21-41(45(26-38)66-8)57-30-53-54-55-57)28-43(59)33(3)24-36(6)47(61)48(67-9)46(60)35(5)23-31/h10-12,15-16,24,29-31,33-35,37-42,44-45,47-48,61,65H,13-14,17-23,25-28H2,1-9H3/b12-10+,15-11+,32-16+,36-24+/t31-,33-,34-,35-,37-,38+,39-,40+,41+,42+,44+,45-,47-,48+,52-/m1/s1. The van der Waals surface area contributed by atoms with Crippen LogP contribution < -0.4 is 0 Å². The van der Waals surface area contributed by atoms with Crippen LogP contribution in [-0.2, 0) is 47.7 Å². The van der Waals surface area contributed by atoms with Crippen molar-refractivity contribution in [1.82, 2.24) is 25.1 Å². The first-order valence-corrected chi connectivity index (χ1v) is 25.0. The first-order valence-electron chi connectivity index (χ1n) is 25.0. The molecule has 3 aliphatic heterocycles. The van der Waals surface area contributed by atoms with E-state index in [2.05, 4.69) is 15.5 Å². The Labute approximate surface area is 407 Å². The van der Waals surface area contributed by atoms with Gasteiger partial charge in [0.15, 0.2) is 5.78 Å². The molecule has 1 aromatic heterocycles. The van der Waals surface area contributed by atoms with E-state index >= 15 is 0 Å². The minimum atomic E-state index is -2.49. The number of ether oxygens (including phenoxy) is 4. The lowest BCUT2D eigenvalue weighted by Crippen LogP contribution is -2.60. The first kappa shape index (κ1) is 55.4. The third-order valence-corrected chi connectivity index (χ3v) is 15.2. The molecule has 69 heavy (non-hydrogen) atoms. The quantitative estimate of drug-likeness (QED) is 0.142. The molecule has 0 aromatic carbocycles. The van der Waals surface area contributed by atoms with Crippen LogP contribution in [0.25, 0.3) is 0 Å². The average Bonchev–Trinajstić information content (AvgIpc) is 3.88. The van der Waals surface area contributed by atoms with Gasteiger partial charge in [-0.15, -0.1) is 5.10 Å². The van der Waals surface area contributed by atoms with Crippen LogP contribution in [0.2, 0.25) is 0 Å². The van der Waals surface area contributed by atoms with Crippen molar-refractivity contribution in [2.24, 2.45) is 41.4 Å². The van der Waals surface area contributed by atoms with Gasteiger partial charge < -0.3 is 38.9 Å². The Morgan fingerprint density at radius 2 is 1.68 bits per heavy atom. The number of allylic oxidation sites excluding steroid dienone is 7. The smallest absolute Gasteiger partial charge is 0.329 e. The number of aromatic nitrogens is 4. The number of aliphatic hydroxyl groups excluding tert-OH is 1. The lowest BCUT2D eigenvalue weighted by atomic mass is 9.77. The third kappa shape index (κ3) is 14.1. The summed E-state index contributed by atoms with van der Waals surface area (Å²) in [5.74, 6) is -8.86. The van der Waals surface area contributed by atoms with Crippen LogP contribution in [0.5, 0.6) is 0 Å². The van der Waals surface area contributed by atoms with Crippen molar-refractivity contribution in [3.63, 3.8) is 0 Å². The number of piperidine rings is 1. The first-order chi connectivity index (χ1) is 32.8. The molecule has 1 aromatic rings. The number of ketones is 3. The zero-order valence-corrected chi connectivity index (χ0v) is 42.1. The van der Waals surface area contributed by atoms with Gasteiger partial charge in [0.1, 0.15) is 42.8 Å². The van der Waals surface area contributed by atoms with Gasteiger partial charge in [-0.2, -0.15) is 0 Å². The number of fused-ring (bicyclic) bond motifs is 3. The number of aldehydes is 1. The molecule has 4 aliphatic rings. The molecule has 17 heteroatoms. The summed E-state index contributed by atoms with van der Waals surface area (Å²) in [4.78, 5) is 84.6. The SMILES string of the molecule is CO[C@@H]1C[C@H](C[C@@H](C)[C@@H]2CC(=O)[C@H](C)/C=C(\C)[C@@H](O)[C@@H](OC)C(=O)[C@H](C)C[C@H](C)/C=C/C=C/C=C(\C)[C@@H](C=O)C[C@@H]3CC[C@@H](C)[C@@](O)(O3)C(=O)C(=O)N3CCCC[C@H]3C(=O)O2)CC[C@@H]1n1cnnn1. The van der Waals surface area contributed by atoms with Crippen LogP contribution in [0.15, 0.2) is 53.9 Å². The largest absolute Gasteiger partial charge is 0.460 e. The number of carbonyl (C=O) groups excluding carboxylic acids is 6. The van der Waals surface area contributed by atoms with E-state index in [4.69, 9.17) is 18.9 Å². The van der Waals surface area contributed by atoms with Gasteiger partial charge in [0.2, 0.25) is 5.79 Å². The molecule has 2 N–H and O–H groups in total. The number of hydrogen-bond acceptors (Lipinski definition) is 15. The number of rotatable bonds is 7. The molecule has 0 radical (unpaired) electrons. The van der Waals surface area contributed by atoms with E-state index < -0.39 is 77.6 Å². The van der Waals surface area contributed by atoms with E-state index in [9.17, 15) is 39.0 Å². The maximum Gasteiger partial charge on any atom is 0.329 e. The molecule has 17 nitrogen and oxygen atoms in total. The Bertz CT molecular complexity index is 2050. The van der Waals surface area contributed by atoms with Gasteiger partial charge in [0, 0.05) is 50.9 Å². The van der Waals surface area contributed by atoms with Crippen LogP contribution >= 0.6 is 0 Å². The van der Waals surface area contributed by atoms with E-state index in [1.54, 1.807) is 64.0 Å². The number of cyclic esters (lactones) is 1. The highest BCUT2D eigenvalue weighted by Gasteiger charge is 2.53. The summed E-state index contributed by atoms with van der Waals surface area (Å²) in [5, 5.41) is 35.1. The van der Waals surface area contributed by atoms with Crippen molar-refractivity contribution >= 4 is 35.5 Å². The molecular weight excluding hydrogens is 887 g/mol. The summed E-state index contributed by atoms with van der Waals surface area (Å²) in [5.41, 5.74) is 1.11. The second-order valence-electron chi connectivity index (χ2n) is 20.4. The van der Waals surface area contributed by atoms with Gasteiger partial charge in [-0.25, -0.2) is 9.48 Å². The molecule has 2 bridgehead atoms. The number of esters is 1. The van der Waals surface area contributed by atoms with Crippen LogP contribution in [-0.4, -0.2) is 134 Å². The van der Waals surface area contributed by atoms with Crippen LogP contribution in [0.1, 0.15) is 132 Å². The second kappa shape index (κ2) is 25.5. The number of tetrazole rings is 1. The van der Waals surface area contributed by atoms with Crippen molar-refractivity contribution in [1.29, 1.82) is 0 Å². The summed E-state index contributed by atoms with van der Waals surface area (Å²) >= 11 is 0. The fraction of sp³-hybridized carbons (Fsp3) is 0.712. The highest BCUT2D eigenvalue weighted by molar-refractivity contribution is 6.39. The number of amides is 1. The van der Waals surface area contributed by atoms with Crippen molar-refractivity contribution in [3.05, 3.63) is 53.9 Å². The van der Waals surface area contributed by atoms with E-state index in [1.165, 1.54) is 12.0 Å². The fourth-order valence-corrected chi connectivity index (χ4v) is 10.7. The maximum atomic E-state index is 14.5. The highest BCUT2D eigenvalue weighted by Crippen LogP contribution is 2.39. The van der Waals surface area contributed by atoms with Gasteiger partial charge in [-0.1, -0.05) is 76.6 Å². The lowest BCUT2D eigenvalue weighted by Gasteiger charge is -2.42. The van der Waals surface area contributed by atoms with Gasteiger partial charge in [-0.05, 0) is 118 Å². The monoisotopic (exact) mass is 964 g/mol. The van der Waals surface area contributed by atoms with Gasteiger partial charge in [-0.3, -0.25) is 19.2 Å². The normalized spacial score (nSPS) is 38.7. The molecule has 5 rings (SSSR count). The number of aliphatic hydroxyl groups is 2. The molecule has 1 amide bonds. The Balaban J connectivity index is 1.46. The van der Waals surface area contributed by atoms with Crippen molar-refractivity contribution in [3.8, 4) is 0 Å². The summed E-state index contributed by atoms with van der Waals surface area (Å²) in [6.45, 7) is 12.6. The molecule has 2 saturated heterocycles. The molecule has 1 saturated carbocycles. The summed E-state index contributed by atoms with van der Waals surface area (Å²) in [7, 11) is 3.02. The van der Waals surface area contributed by atoms with Gasteiger partial charge >= 0.3 is 5.97 Å². The molecule has 0 unspecified atom stereocenters. The Hall–Kier alpha value is -4.55. The number of nitrogens with zero attached hydrogens (tertiary/aromatic N) is 5. The van der Waals surface area contributed by atoms with Crippen molar-refractivity contribution in [2.45, 2.75) is 174 Å². The average molecular weight is 964 g/mol. The zero-order chi connectivity index (χ0) is 50.6. The number of methoxy groups -OCH3 is 2. The predicted molar refractivity (Wildman–Crippen MR) is 255 cm³/mol. The van der Waals surface area contributed by atoms with Crippen LogP contribution in [0.4, 0.5) is 0 Å². The third-order valence-electron chi connectivity index (χ3n) is 15.2. The van der Waals surface area contributed by atoms with Crippen LogP contribution in [0, 0.1) is 41.4 Å². The Morgan fingerprint density at radius 1 is 0.928 bits per heavy atom. The van der Waals surface area contributed by atoms with Gasteiger partial charge in [0.25, 0.3) is 11.7 Å². The summed E-state index contributed by atoms with van der Waals surface area (Å²) in [6, 6.07) is -1.23. The van der Waals surface area contributed by atoms with Crippen LogP contribution in [0.3, 0.4) is 0 Å². The minimum Gasteiger partial charge on any atom is -0.460 e. The molecule has 0 spiro atoms. The molecule has 3 fully saturated rings. The molecule has 4 heterocycles. The topological polar surface area (TPSA) is 227 Å². The second-order valence-corrected chi connectivity index (χ2v) is 20.4. The van der Waals surface area contributed by atoms with Crippen molar-refractivity contribution in [2.75, 3.05) is 20.8 Å². The molecule has 382 valence electrons. The van der Waals surface area contributed by atoms with E-state index in [1.807, 2.05) is 39.0 Å². The number of Topliss-reactive ketones (excluding diaryl/α,β-unsaturated/α-hetero) is 3. The molecular formula is C52H77N5O12. The summed E-state index contributed by atoms with van der Waals surface area (Å²) < 4.78 is 25.6.